The minimum Gasteiger partial charge on any atom is -0.462 e. The Bertz CT molecular complexity index is 1840. The highest BCUT2D eigenvalue weighted by Crippen LogP contribution is 2.45. The zero-order valence-electron chi connectivity index (χ0n) is 60.9. The van der Waals surface area contributed by atoms with Gasteiger partial charge in [-0.3, -0.25) is 37.3 Å². The third-order valence-corrected chi connectivity index (χ3v) is 19.3. The first-order valence-electron chi connectivity index (χ1n) is 38.2. The van der Waals surface area contributed by atoms with E-state index in [0.29, 0.717) is 25.7 Å². The minimum atomic E-state index is -4.96. The maximum absolute atomic E-state index is 13.1. The van der Waals surface area contributed by atoms with Gasteiger partial charge in [0.05, 0.1) is 26.4 Å². The van der Waals surface area contributed by atoms with Crippen LogP contribution in [-0.4, -0.2) is 96.7 Å². The van der Waals surface area contributed by atoms with Crippen molar-refractivity contribution >= 4 is 39.5 Å². The molecule has 0 aliphatic carbocycles. The first-order chi connectivity index (χ1) is 44.6. The molecule has 19 heteroatoms. The molecule has 6 atom stereocenters. The topological polar surface area (TPSA) is 237 Å². The van der Waals surface area contributed by atoms with Crippen molar-refractivity contribution in [3.63, 3.8) is 0 Å². The quantitative estimate of drug-likeness (QED) is 0.0222. The summed E-state index contributed by atoms with van der Waals surface area (Å²) in [6, 6.07) is 0. The van der Waals surface area contributed by atoms with Gasteiger partial charge in [0.1, 0.15) is 19.3 Å². The molecule has 552 valence electrons. The fraction of sp³-hybridized carbons (Fsp3) is 0.946. The van der Waals surface area contributed by atoms with Crippen molar-refractivity contribution in [3.8, 4) is 0 Å². The standard InChI is InChI=1S/C74H144O17P2/c1-9-67(8)53-45-37-32-33-41-49-57-74(79)91-70(61-85-72(77)55-47-39-30-25-24-28-36-44-52-66(6)7)63-89-93(82,83)87-59-68(75)58-86-92(80,81)88-62-69(90-73(78)56-48-40-31-23-19-18-21-27-35-43-51-65(4)5)60-84-71(76)54-46-38-29-22-17-15-13-11-10-12-14-16-20-26-34-42-50-64(2)3/h64-70,75H,9-63H2,1-8H3,(H,80,81)(H,82,83)/t67?,68?,69-,70-/m1/s1. The lowest BCUT2D eigenvalue weighted by molar-refractivity contribution is -0.161. The number of aliphatic hydroxyl groups is 1. The molecule has 3 N–H and O–H groups in total. The van der Waals surface area contributed by atoms with Crippen molar-refractivity contribution in [1.29, 1.82) is 0 Å². The lowest BCUT2D eigenvalue weighted by Gasteiger charge is -2.21. The number of unbranched alkanes of at least 4 members (excludes halogenated alkanes) is 36. The van der Waals surface area contributed by atoms with Crippen LogP contribution < -0.4 is 0 Å². The summed E-state index contributed by atoms with van der Waals surface area (Å²) in [5, 5.41) is 10.6. The minimum absolute atomic E-state index is 0.102. The van der Waals surface area contributed by atoms with Crippen LogP contribution in [0.1, 0.15) is 370 Å². The fourth-order valence-electron chi connectivity index (χ4n) is 11.2. The zero-order valence-corrected chi connectivity index (χ0v) is 62.7. The van der Waals surface area contributed by atoms with Crippen molar-refractivity contribution in [1.82, 2.24) is 0 Å². The fourth-order valence-corrected chi connectivity index (χ4v) is 12.7. The average Bonchev–Trinajstić information content (AvgIpc) is 1.68. The molecule has 0 aliphatic heterocycles. The Morgan fingerprint density at radius 2 is 0.516 bits per heavy atom. The number of phosphoric acid groups is 2. The van der Waals surface area contributed by atoms with Crippen LogP contribution in [0.15, 0.2) is 0 Å². The van der Waals surface area contributed by atoms with E-state index < -0.39 is 97.5 Å². The summed E-state index contributed by atoms with van der Waals surface area (Å²) < 4.78 is 68.4. The highest BCUT2D eigenvalue weighted by molar-refractivity contribution is 7.47. The molecule has 0 saturated carbocycles. The van der Waals surface area contributed by atoms with Gasteiger partial charge in [0, 0.05) is 25.7 Å². The van der Waals surface area contributed by atoms with Gasteiger partial charge in [0.2, 0.25) is 0 Å². The van der Waals surface area contributed by atoms with Crippen molar-refractivity contribution in [2.45, 2.75) is 388 Å². The first kappa shape index (κ1) is 91.1. The lowest BCUT2D eigenvalue weighted by Crippen LogP contribution is -2.30. The van der Waals surface area contributed by atoms with E-state index in [4.69, 9.17) is 37.0 Å². The van der Waals surface area contributed by atoms with Crippen LogP contribution in [-0.2, 0) is 65.4 Å². The van der Waals surface area contributed by atoms with E-state index in [1.165, 1.54) is 173 Å². The van der Waals surface area contributed by atoms with Crippen molar-refractivity contribution in [3.05, 3.63) is 0 Å². The molecular weight excluding hydrogens is 1220 g/mol. The summed E-state index contributed by atoms with van der Waals surface area (Å²) in [5.74, 6) is 0.884. The van der Waals surface area contributed by atoms with Gasteiger partial charge < -0.3 is 33.8 Å². The predicted octanol–water partition coefficient (Wildman–Crippen LogP) is 21.3. The van der Waals surface area contributed by atoms with Crippen LogP contribution in [0.25, 0.3) is 0 Å². The maximum Gasteiger partial charge on any atom is 0.472 e. The summed E-state index contributed by atoms with van der Waals surface area (Å²) in [6.07, 6.45) is 47.4. The number of rotatable bonds is 71. The van der Waals surface area contributed by atoms with Crippen LogP contribution in [0.5, 0.6) is 0 Å². The third kappa shape index (κ3) is 67.0. The number of hydrogen-bond donors (Lipinski definition) is 3. The number of carbonyl (C=O) groups excluding carboxylic acids is 4. The Hall–Kier alpha value is -1.94. The molecule has 0 fully saturated rings. The SMILES string of the molecule is CCC(C)CCCCCCCCC(=O)O[C@H](COC(=O)CCCCCCCCCCC(C)C)COP(=O)(O)OCC(O)COP(=O)(O)OC[C@@H](COC(=O)CCCCCCCCCCCCCCCCCCC(C)C)OC(=O)CCCCCCCCCCCCC(C)C. The number of carbonyl (C=O) groups is 4. The normalized spacial score (nSPS) is 14.5. The van der Waals surface area contributed by atoms with Crippen LogP contribution >= 0.6 is 15.6 Å². The van der Waals surface area contributed by atoms with E-state index in [1.807, 2.05) is 0 Å². The monoisotopic (exact) mass is 1370 g/mol. The van der Waals surface area contributed by atoms with Crippen LogP contribution in [0.4, 0.5) is 0 Å². The zero-order chi connectivity index (χ0) is 68.9. The molecule has 0 aliphatic rings. The van der Waals surface area contributed by atoms with Crippen molar-refractivity contribution in [2.75, 3.05) is 39.6 Å². The van der Waals surface area contributed by atoms with E-state index >= 15 is 0 Å². The second-order valence-electron chi connectivity index (χ2n) is 28.4. The first-order valence-corrected chi connectivity index (χ1v) is 41.2. The van der Waals surface area contributed by atoms with Gasteiger partial charge >= 0.3 is 39.5 Å². The highest BCUT2D eigenvalue weighted by Gasteiger charge is 2.30. The van der Waals surface area contributed by atoms with Gasteiger partial charge in [-0.05, 0) is 49.4 Å². The molecule has 0 aromatic carbocycles. The number of esters is 4. The highest BCUT2D eigenvalue weighted by atomic mass is 31.2. The Kier molecular flexibility index (Phi) is 62.2. The van der Waals surface area contributed by atoms with E-state index in [2.05, 4.69) is 55.4 Å². The van der Waals surface area contributed by atoms with Gasteiger partial charge in [-0.15, -0.1) is 0 Å². The molecule has 0 aromatic rings. The third-order valence-electron chi connectivity index (χ3n) is 17.4. The van der Waals surface area contributed by atoms with E-state index in [-0.39, 0.29) is 25.7 Å². The smallest absolute Gasteiger partial charge is 0.462 e. The molecule has 0 bridgehead atoms. The van der Waals surface area contributed by atoms with Crippen molar-refractivity contribution < 1.29 is 80.2 Å². The Balaban J connectivity index is 5.21. The van der Waals surface area contributed by atoms with Crippen molar-refractivity contribution in [2.24, 2.45) is 23.7 Å². The summed E-state index contributed by atoms with van der Waals surface area (Å²) in [4.78, 5) is 72.7. The van der Waals surface area contributed by atoms with Crippen LogP contribution in [0.2, 0.25) is 0 Å². The number of ether oxygens (including phenoxy) is 4. The van der Waals surface area contributed by atoms with Gasteiger partial charge in [-0.2, -0.15) is 0 Å². The second-order valence-corrected chi connectivity index (χ2v) is 31.3. The number of phosphoric ester groups is 2. The maximum atomic E-state index is 13.1. The second kappa shape index (κ2) is 63.5. The summed E-state index contributed by atoms with van der Waals surface area (Å²) in [6.45, 7) is 14.1. The molecule has 0 aromatic heterocycles. The van der Waals surface area contributed by atoms with E-state index in [0.717, 1.165) is 114 Å². The molecule has 0 spiro atoms. The summed E-state index contributed by atoms with van der Waals surface area (Å²) in [7, 11) is -9.91. The Labute approximate surface area is 568 Å². The molecule has 0 amide bonds. The summed E-state index contributed by atoms with van der Waals surface area (Å²) >= 11 is 0. The lowest BCUT2D eigenvalue weighted by atomic mass is 10.00. The molecule has 0 heterocycles. The number of aliphatic hydroxyl groups excluding tert-OH is 1. The Morgan fingerprint density at radius 1 is 0.301 bits per heavy atom. The van der Waals surface area contributed by atoms with E-state index in [9.17, 15) is 43.2 Å². The average molecular weight is 1370 g/mol. The molecule has 0 radical (unpaired) electrons. The molecule has 17 nitrogen and oxygen atoms in total. The molecular formula is C74H144O17P2. The van der Waals surface area contributed by atoms with E-state index in [1.54, 1.807) is 0 Å². The Morgan fingerprint density at radius 3 is 0.763 bits per heavy atom. The van der Waals surface area contributed by atoms with Gasteiger partial charge in [0.15, 0.2) is 12.2 Å². The van der Waals surface area contributed by atoms with Crippen LogP contribution in [0.3, 0.4) is 0 Å². The largest absolute Gasteiger partial charge is 0.472 e. The van der Waals surface area contributed by atoms with Gasteiger partial charge in [0.25, 0.3) is 0 Å². The van der Waals surface area contributed by atoms with Gasteiger partial charge in [-0.1, -0.05) is 319 Å². The molecule has 93 heavy (non-hydrogen) atoms. The number of hydrogen-bond acceptors (Lipinski definition) is 15. The van der Waals surface area contributed by atoms with Crippen LogP contribution in [0, 0.1) is 23.7 Å². The van der Waals surface area contributed by atoms with Gasteiger partial charge in [-0.25, -0.2) is 9.13 Å². The predicted molar refractivity (Wildman–Crippen MR) is 377 cm³/mol. The molecule has 0 rings (SSSR count). The molecule has 0 saturated heterocycles. The summed E-state index contributed by atoms with van der Waals surface area (Å²) in [5.41, 5.74) is 0. The molecule has 4 unspecified atom stereocenters.